The SMILES string of the molecule is CCOC(=O)C1=C(C(F)(F)F)Nc2nnnn2[C@H]1c1ccc(Cl)cc1. The van der Waals surface area contributed by atoms with Crippen LogP contribution in [0.15, 0.2) is 35.5 Å². The Bertz CT molecular complexity index is 832. The molecule has 1 aromatic heterocycles. The number of hydrogen-bond acceptors (Lipinski definition) is 6. The average Bonchev–Trinajstić information content (AvgIpc) is 3.01. The molecular formula is C14H11ClF3N5O2. The van der Waals surface area contributed by atoms with Gasteiger partial charge in [-0.15, -0.1) is 0 Å². The number of alkyl halides is 3. The molecule has 1 aliphatic rings. The molecular weight excluding hydrogens is 363 g/mol. The van der Waals surface area contributed by atoms with Gasteiger partial charge in [0.2, 0.25) is 5.95 Å². The number of halogens is 4. The number of benzene rings is 1. The van der Waals surface area contributed by atoms with Gasteiger partial charge >= 0.3 is 12.1 Å². The Labute approximate surface area is 144 Å². The Balaban J connectivity index is 2.24. The van der Waals surface area contributed by atoms with Crippen LogP contribution in [-0.4, -0.2) is 39.0 Å². The van der Waals surface area contributed by atoms with Gasteiger partial charge in [-0.3, -0.25) is 0 Å². The Morgan fingerprint density at radius 3 is 2.64 bits per heavy atom. The molecule has 1 aromatic carbocycles. The highest BCUT2D eigenvalue weighted by atomic mass is 35.5. The topological polar surface area (TPSA) is 81.9 Å². The fourth-order valence-electron chi connectivity index (χ4n) is 2.49. The zero-order valence-electron chi connectivity index (χ0n) is 12.7. The summed E-state index contributed by atoms with van der Waals surface area (Å²) in [6.07, 6.45) is -4.83. The quantitative estimate of drug-likeness (QED) is 0.833. The molecule has 0 amide bonds. The highest BCUT2D eigenvalue weighted by molar-refractivity contribution is 6.30. The summed E-state index contributed by atoms with van der Waals surface area (Å²) in [5.74, 6) is -1.34. The van der Waals surface area contributed by atoms with Crippen molar-refractivity contribution in [2.75, 3.05) is 11.9 Å². The van der Waals surface area contributed by atoms with Gasteiger partial charge in [-0.1, -0.05) is 28.8 Å². The Morgan fingerprint density at radius 1 is 1.36 bits per heavy atom. The van der Waals surface area contributed by atoms with Crippen LogP contribution >= 0.6 is 11.6 Å². The molecule has 2 aromatic rings. The van der Waals surface area contributed by atoms with Crippen molar-refractivity contribution in [3.8, 4) is 0 Å². The molecule has 2 heterocycles. The third kappa shape index (κ3) is 3.16. The van der Waals surface area contributed by atoms with Gasteiger partial charge in [-0.05, 0) is 35.0 Å². The molecule has 11 heteroatoms. The fourth-order valence-corrected chi connectivity index (χ4v) is 2.61. The molecule has 0 fully saturated rings. The van der Waals surface area contributed by atoms with E-state index in [1.54, 1.807) is 0 Å². The lowest BCUT2D eigenvalue weighted by Gasteiger charge is -2.29. The van der Waals surface area contributed by atoms with Crippen molar-refractivity contribution in [3.05, 3.63) is 46.1 Å². The Hall–Kier alpha value is -2.62. The van der Waals surface area contributed by atoms with Crippen LogP contribution in [0.25, 0.3) is 0 Å². The van der Waals surface area contributed by atoms with Gasteiger partial charge in [-0.25, -0.2) is 4.79 Å². The van der Waals surface area contributed by atoms with Crippen molar-refractivity contribution >= 4 is 23.5 Å². The molecule has 132 valence electrons. The standard InChI is InChI=1S/C14H11ClF3N5O2/c1-2-25-12(24)9-10(7-3-5-8(15)6-4-7)23-13(20-21-22-23)19-11(9)14(16,17)18/h3-6,10H,2H2,1H3,(H,19,20,22)/t10-/m0/s1. The first-order valence-corrected chi connectivity index (χ1v) is 7.49. The van der Waals surface area contributed by atoms with Gasteiger partial charge < -0.3 is 10.1 Å². The molecule has 25 heavy (non-hydrogen) atoms. The summed E-state index contributed by atoms with van der Waals surface area (Å²) in [6.45, 7) is 1.42. The lowest BCUT2D eigenvalue weighted by atomic mass is 9.95. The van der Waals surface area contributed by atoms with Crippen molar-refractivity contribution in [3.63, 3.8) is 0 Å². The molecule has 0 saturated carbocycles. The number of ether oxygens (including phenoxy) is 1. The van der Waals surface area contributed by atoms with Crippen LogP contribution in [0.5, 0.6) is 0 Å². The van der Waals surface area contributed by atoms with E-state index in [2.05, 4.69) is 20.8 Å². The van der Waals surface area contributed by atoms with Gasteiger partial charge in [0, 0.05) is 5.02 Å². The highest BCUT2D eigenvalue weighted by Crippen LogP contribution is 2.40. The van der Waals surface area contributed by atoms with Crippen molar-refractivity contribution in [1.82, 2.24) is 20.2 Å². The number of fused-ring (bicyclic) bond motifs is 1. The second-order valence-corrected chi connectivity index (χ2v) is 5.47. The molecule has 0 bridgehead atoms. The number of anilines is 1. The van der Waals surface area contributed by atoms with Crippen LogP contribution in [0.4, 0.5) is 19.1 Å². The number of nitrogens with zero attached hydrogens (tertiary/aromatic N) is 4. The molecule has 0 saturated heterocycles. The van der Waals surface area contributed by atoms with E-state index in [0.717, 1.165) is 4.68 Å². The largest absolute Gasteiger partial charge is 0.463 e. The molecule has 0 radical (unpaired) electrons. The number of carbonyl (C=O) groups excluding carboxylic acids is 1. The first-order chi connectivity index (χ1) is 11.8. The van der Waals surface area contributed by atoms with Gasteiger partial charge in [0.1, 0.15) is 11.7 Å². The molecule has 0 unspecified atom stereocenters. The smallest absolute Gasteiger partial charge is 0.431 e. The molecule has 7 nitrogen and oxygen atoms in total. The maximum atomic E-state index is 13.5. The second-order valence-electron chi connectivity index (χ2n) is 5.03. The van der Waals surface area contributed by atoms with Crippen LogP contribution in [0.3, 0.4) is 0 Å². The van der Waals surface area contributed by atoms with Crippen molar-refractivity contribution in [1.29, 1.82) is 0 Å². The molecule has 1 atom stereocenters. The number of aromatic nitrogens is 4. The lowest BCUT2D eigenvalue weighted by Crippen LogP contribution is -2.35. The van der Waals surface area contributed by atoms with E-state index in [4.69, 9.17) is 16.3 Å². The van der Waals surface area contributed by atoms with E-state index in [1.165, 1.54) is 31.2 Å². The maximum Gasteiger partial charge on any atom is 0.431 e. The summed E-state index contributed by atoms with van der Waals surface area (Å²) < 4.78 is 46.5. The minimum Gasteiger partial charge on any atom is -0.463 e. The third-order valence-electron chi connectivity index (χ3n) is 3.48. The van der Waals surface area contributed by atoms with Crippen LogP contribution in [0.2, 0.25) is 5.02 Å². The molecule has 0 aliphatic carbocycles. The Morgan fingerprint density at radius 2 is 2.04 bits per heavy atom. The molecule has 1 N–H and O–H groups in total. The normalized spacial score (nSPS) is 17.1. The maximum absolute atomic E-state index is 13.5. The zero-order chi connectivity index (χ0) is 18.2. The zero-order valence-corrected chi connectivity index (χ0v) is 13.5. The number of nitrogens with one attached hydrogen (secondary N) is 1. The minimum absolute atomic E-state index is 0.0801. The number of carbonyl (C=O) groups is 1. The first-order valence-electron chi connectivity index (χ1n) is 7.11. The van der Waals surface area contributed by atoms with E-state index in [1.807, 2.05) is 0 Å². The molecule has 0 spiro atoms. The van der Waals surface area contributed by atoms with E-state index < -0.39 is 29.5 Å². The highest BCUT2D eigenvalue weighted by Gasteiger charge is 2.46. The summed E-state index contributed by atoms with van der Waals surface area (Å²) in [6, 6.07) is 4.78. The number of tetrazole rings is 1. The average molecular weight is 374 g/mol. The van der Waals surface area contributed by atoms with E-state index >= 15 is 0 Å². The van der Waals surface area contributed by atoms with E-state index in [-0.39, 0.29) is 12.6 Å². The number of hydrogen-bond donors (Lipinski definition) is 1. The molecule has 1 aliphatic heterocycles. The molecule has 3 rings (SSSR count). The fraction of sp³-hybridized carbons (Fsp3) is 0.286. The van der Waals surface area contributed by atoms with Gasteiger partial charge in [0.05, 0.1) is 12.2 Å². The summed E-state index contributed by atoms with van der Waals surface area (Å²) in [5.41, 5.74) is -1.53. The summed E-state index contributed by atoms with van der Waals surface area (Å²) in [7, 11) is 0. The summed E-state index contributed by atoms with van der Waals surface area (Å²) in [5, 5.41) is 13.1. The number of esters is 1. The van der Waals surface area contributed by atoms with Crippen molar-refractivity contribution in [2.45, 2.75) is 19.1 Å². The Kier molecular flexibility index (Phi) is 4.38. The summed E-state index contributed by atoms with van der Waals surface area (Å²) >= 11 is 5.84. The number of allylic oxidation sites excluding steroid dienone is 1. The lowest BCUT2D eigenvalue weighted by molar-refractivity contribution is -0.140. The van der Waals surface area contributed by atoms with Crippen LogP contribution in [0.1, 0.15) is 18.5 Å². The van der Waals surface area contributed by atoms with Crippen LogP contribution in [-0.2, 0) is 9.53 Å². The second kappa shape index (κ2) is 6.36. The first kappa shape index (κ1) is 17.2. The minimum atomic E-state index is -4.83. The van der Waals surface area contributed by atoms with Crippen LogP contribution in [0, 0.1) is 0 Å². The van der Waals surface area contributed by atoms with Gasteiger partial charge in [0.15, 0.2) is 0 Å². The van der Waals surface area contributed by atoms with E-state index in [0.29, 0.717) is 10.6 Å². The van der Waals surface area contributed by atoms with Crippen molar-refractivity contribution in [2.24, 2.45) is 0 Å². The number of rotatable bonds is 3. The van der Waals surface area contributed by atoms with E-state index in [9.17, 15) is 18.0 Å². The van der Waals surface area contributed by atoms with Crippen molar-refractivity contribution < 1.29 is 22.7 Å². The summed E-state index contributed by atoms with van der Waals surface area (Å²) in [4.78, 5) is 12.3. The van der Waals surface area contributed by atoms with Gasteiger partial charge in [-0.2, -0.15) is 17.9 Å². The monoisotopic (exact) mass is 373 g/mol. The third-order valence-corrected chi connectivity index (χ3v) is 3.73. The predicted molar refractivity (Wildman–Crippen MR) is 80.7 cm³/mol. The van der Waals surface area contributed by atoms with Crippen LogP contribution < -0.4 is 5.32 Å². The predicted octanol–water partition coefficient (Wildman–Crippen LogP) is 2.72. The van der Waals surface area contributed by atoms with Gasteiger partial charge in [0.25, 0.3) is 0 Å².